The number of fused-ring (bicyclic) bond motifs is 1. The maximum absolute atomic E-state index is 12.0. The van der Waals surface area contributed by atoms with Crippen LogP contribution in [0, 0.1) is 0 Å². The first kappa shape index (κ1) is 13.4. The minimum Gasteiger partial charge on any atom is -0.326 e. The van der Waals surface area contributed by atoms with Gasteiger partial charge in [-0.15, -0.1) is 0 Å². The van der Waals surface area contributed by atoms with Crippen LogP contribution in [0.25, 0.3) is 10.8 Å². The van der Waals surface area contributed by atoms with Gasteiger partial charge in [-0.25, -0.2) is 0 Å². The molecule has 1 heterocycles. The van der Waals surface area contributed by atoms with Gasteiger partial charge in [0.05, 0.1) is 6.20 Å². The third-order valence-electron chi connectivity index (χ3n) is 3.43. The molecule has 1 aromatic heterocycles. The monoisotopic (exact) mass is 279 g/mol. The minimum atomic E-state index is 0.0223. The van der Waals surface area contributed by atoms with E-state index >= 15 is 0 Å². The lowest BCUT2D eigenvalue weighted by Crippen LogP contribution is -2.12. The third kappa shape index (κ3) is 3.28. The van der Waals surface area contributed by atoms with E-state index in [2.05, 4.69) is 16.5 Å². The molecule has 1 amide bonds. The molecule has 2 aromatic carbocycles. The van der Waals surface area contributed by atoms with Crippen molar-refractivity contribution >= 4 is 22.4 Å². The Morgan fingerprint density at radius 2 is 2.00 bits per heavy atom. The first-order valence-electron chi connectivity index (χ1n) is 6.97. The molecule has 0 radical (unpaired) electrons. The van der Waals surface area contributed by atoms with Gasteiger partial charge in [-0.05, 0) is 34.9 Å². The van der Waals surface area contributed by atoms with Crippen molar-refractivity contribution in [2.75, 3.05) is 5.32 Å². The van der Waals surface area contributed by atoms with Gasteiger partial charge in [-0.2, -0.15) is 5.10 Å². The van der Waals surface area contributed by atoms with Crippen molar-refractivity contribution in [3.05, 3.63) is 60.4 Å². The molecule has 0 aliphatic rings. The molecule has 3 aromatic rings. The van der Waals surface area contributed by atoms with Gasteiger partial charge < -0.3 is 5.32 Å². The second-order valence-corrected chi connectivity index (χ2v) is 5.13. The zero-order valence-electron chi connectivity index (χ0n) is 11.9. The molecule has 0 unspecified atom stereocenters. The van der Waals surface area contributed by atoms with Crippen molar-refractivity contribution in [3.8, 4) is 0 Å². The molecule has 21 heavy (non-hydrogen) atoms. The summed E-state index contributed by atoms with van der Waals surface area (Å²) in [6.07, 6.45) is 4.89. The first-order chi connectivity index (χ1) is 10.2. The Morgan fingerprint density at radius 3 is 2.76 bits per heavy atom. The number of hydrogen-bond acceptors (Lipinski definition) is 2. The molecule has 3 rings (SSSR count). The zero-order valence-corrected chi connectivity index (χ0v) is 11.9. The fraction of sp³-hybridized carbons (Fsp3) is 0.176. The molecule has 4 nitrogen and oxygen atoms in total. The SMILES string of the molecule is Cn1cc(CCC(=O)Nc2ccc3ccccc3c2)cn1. The van der Waals surface area contributed by atoms with Crippen LogP contribution in [0.2, 0.25) is 0 Å². The number of amides is 1. The van der Waals surface area contributed by atoms with Crippen LogP contribution in [-0.4, -0.2) is 15.7 Å². The Hall–Kier alpha value is -2.62. The summed E-state index contributed by atoms with van der Waals surface area (Å²) in [5, 5.41) is 9.34. The summed E-state index contributed by atoms with van der Waals surface area (Å²) in [6, 6.07) is 14.1. The molecule has 1 N–H and O–H groups in total. The fourth-order valence-corrected chi connectivity index (χ4v) is 2.35. The Morgan fingerprint density at radius 1 is 1.19 bits per heavy atom. The van der Waals surface area contributed by atoms with Crippen molar-refractivity contribution < 1.29 is 4.79 Å². The van der Waals surface area contributed by atoms with Gasteiger partial charge in [0.2, 0.25) is 5.91 Å². The molecule has 0 aliphatic heterocycles. The summed E-state index contributed by atoms with van der Waals surface area (Å²) in [5.41, 5.74) is 1.91. The highest BCUT2D eigenvalue weighted by Crippen LogP contribution is 2.19. The summed E-state index contributed by atoms with van der Waals surface area (Å²) in [7, 11) is 1.87. The number of carbonyl (C=O) groups is 1. The van der Waals surface area contributed by atoms with Crippen molar-refractivity contribution in [2.45, 2.75) is 12.8 Å². The average Bonchev–Trinajstić information content (AvgIpc) is 2.91. The topological polar surface area (TPSA) is 46.9 Å². The minimum absolute atomic E-state index is 0.0223. The van der Waals surface area contributed by atoms with Crippen LogP contribution in [-0.2, 0) is 18.3 Å². The summed E-state index contributed by atoms with van der Waals surface area (Å²) in [5.74, 6) is 0.0223. The molecule has 0 fully saturated rings. The van der Waals surface area contributed by atoms with Crippen molar-refractivity contribution in [2.24, 2.45) is 7.05 Å². The maximum Gasteiger partial charge on any atom is 0.224 e. The molecule has 0 bridgehead atoms. The normalized spacial score (nSPS) is 10.7. The number of benzene rings is 2. The third-order valence-corrected chi connectivity index (χ3v) is 3.43. The lowest BCUT2D eigenvalue weighted by atomic mass is 10.1. The van der Waals surface area contributed by atoms with E-state index < -0.39 is 0 Å². The highest BCUT2D eigenvalue weighted by Gasteiger charge is 2.05. The van der Waals surface area contributed by atoms with Crippen LogP contribution < -0.4 is 5.32 Å². The highest BCUT2D eigenvalue weighted by molar-refractivity contribution is 5.94. The average molecular weight is 279 g/mol. The van der Waals surface area contributed by atoms with E-state index in [-0.39, 0.29) is 5.91 Å². The molecular weight excluding hydrogens is 262 g/mol. The molecular formula is C17H17N3O. The first-order valence-corrected chi connectivity index (χ1v) is 6.97. The van der Waals surface area contributed by atoms with Crippen LogP contribution in [0.4, 0.5) is 5.69 Å². The Bertz CT molecular complexity index is 776. The van der Waals surface area contributed by atoms with E-state index in [9.17, 15) is 4.79 Å². The summed E-state index contributed by atoms with van der Waals surface area (Å²) in [4.78, 5) is 12.0. The predicted octanol–water partition coefficient (Wildman–Crippen LogP) is 3.14. The van der Waals surface area contributed by atoms with E-state index in [4.69, 9.17) is 0 Å². The fourth-order valence-electron chi connectivity index (χ4n) is 2.35. The van der Waals surface area contributed by atoms with E-state index in [1.54, 1.807) is 10.9 Å². The van der Waals surface area contributed by atoms with Gasteiger partial charge in [0.1, 0.15) is 0 Å². The van der Waals surface area contributed by atoms with Crippen LogP contribution in [0.3, 0.4) is 0 Å². The number of carbonyl (C=O) groups excluding carboxylic acids is 1. The number of nitrogens with zero attached hydrogens (tertiary/aromatic N) is 2. The summed E-state index contributed by atoms with van der Waals surface area (Å²) < 4.78 is 1.75. The molecule has 0 aliphatic carbocycles. The second kappa shape index (κ2) is 5.79. The molecule has 0 atom stereocenters. The molecule has 106 valence electrons. The van der Waals surface area contributed by atoms with Crippen molar-refractivity contribution in [1.29, 1.82) is 0 Å². The summed E-state index contributed by atoms with van der Waals surface area (Å²) in [6.45, 7) is 0. The molecule has 0 saturated carbocycles. The van der Waals surface area contributed by atoms with Crippen LogP contribution in [0.5, 0.6) is 0 Å². The number of hydrogen-bond donors (Lipinski definition) is 1. The second-order valence-electron chi connectivity index (χ2n) is 5.13. The number of nitrogens with one attached hydrogen (secondary N) is 1. The quantitative estimate of drug-likeness (QED) is 0.797. The van der Waals surface area contributed by atoms with Crippen LogP contribution in [0.15, 0.2) is 54.9 Å². The van der Waals surface area contributed by atoms with Crippen LogP contribution in [0.1, 0.15) is 12.0 Å². The van der Waals surface area contributed by atoms with Gasteiger partial charge in [-0.3, -0.25) is 9.48 Å². The maximum atomic E-state index is 12.0. The highest BCUT2D eigenvalue weighted by atomic mass is 16.1. The number of aromatic nitrogens is 2. The van der Waals surface area contributed by atoms with Gasteiger partial charge in [0, 0.05) is 25.4 Å². The Balaban J connectivity index is 1.63. The zero-order chi connectivity index (χ0) is 14.7. The lowest BCUT2D eigenvalue weighted by molar-refractivity contribution is -0.116. The van der Waals surface area contributed by atoms with E-state index in [0.717, 1.165) is 16.6 Å². The van der Waals surface area contributed by atoms with E-state index in [1.165, 1.54) is 5.39 Å². The lowest BCUT2D eigenvalue weighted by Gasteiger charge is -2.06. The Labute approximate surface area is 123 Å². The van der Waals surface area contributed by atoms with Crippen LogP contribution >= 0.6 is 0 Å². The molecule has 0 saturated heterocycles. The van der Waals surface area contributed by atoms with E-state index in [1.807, 2.05) is 49.6 Å². The van der Waals surface area contributed by atoms with Crippen molar-refractivity contribution in [1.82, 2.24) is 9.78 Å². The molecule has 0 spiro atoms. The van der Waals surface area contributed by atoms with Gasteiger partial charge in [0.15, 0.2) is 0 Å². The van der Waals surface area contributed by atoms with Crippen molar-refractivity contribution in [3.63, 3.8) is 0 Å². The van der Waals surface area contributed by atoms with Gasteiger partial charge >= 0.3 is 0 Å². The number of aryl methyl sites for hydroxylation is 2. The molecule has 4 heteroatoms. The Kier molecular flexibility index (Phi) is 3.69. The van der Waals surface area contributed by atoms with E-state index in [0.29, 0.717) is 12.8 Å². The van der Waals surface area contributed by atoms with Gasteiger partial charge in [0.25, 0.3) is 0 Å². The number of rotatable bonds is 4. The van der Waals surface area contributed by atoms with Gasteiger partial charge in [-0.1, -0.05) is 30.3 Å². The smallest absolute Gasteiger partial charge is 0.224 e. The standard InChI is InChI=1S/C17H17N3O/c1-20-12-13(11-18-20)6-9-17(21)19-16-8-7-14-4-2-3-5-15(14)10-16/h2-5,7-8,10-12H,6,9H2,1H3,(H,19,21). The number of anilines is 1. The predicted molar refractivity (Wildman–Crippen MR) is 84.1 cm³/mol. The summed E-state index contributed by atoms with van der Waals surface area (Å²) >= 11 is 0. The largest absolute Gasteiger partial charge is 0.326 e.